The number of carbonyl (C=O) groups is 1. The molecule has 3 aromatic heterocycles. The molecule has 0 fully saturated rings. The van der Waals surface area contributed by atoms with Gasteiger partial charge in [0.25, 0.3) is 10.0 Å². The van der Waals surface area contributed by atoms with Crippen LogP contribution in [0.25, 0.3) is 22.0 Å². The second kappa shape index (κ2) is 8.11. The van der Waals surface area contributed by atoms with E-state index in [2.05, 4.69) is 25.0 Å². The molecule has 0 atom stereocenters. The minimum Gasteiger partial charge on any atom is -0.326 e. The van der Waals surface area contributed by atoms with Crippen LogP contribution in [-0.4, -0.2) is 29.3 Å². The first-order valence-electron chi connectivity index (χ1n) is 9.40. The molecule has 156 valence electrons. The summed E-state index contributed by atoms with van der Waals surface area (Å²) in [5.74, 6) is -0.0294. The van der Waals surface area contributed by atoms with E-state index in [-0.39, 0.29) is 16.6 Å². The van der Waals surface area contributed by atoms with Crippen molar-refractivity contribution < 1.29 is 13.2 Å². The highest BCUT2D eigenvalue weighted by atomic mass is 32.2. The molecule has 1 amide bonds. The van der Waals surface area contributed by atoms with Crippen LogP contribution in [-0.2, 0) is 14.8 Å². The topological polar surface area (TPSA) is 114 Å². The third-order valence-electron chi connectivity index (χ3n) is 4.64. The number of carbonyl (C=O) groups excluding carboxylic acids is 1. The summed E-state index contributed by atoms with van der Waals surface area (Å²) in [7, 11) is -3.92. The molecule has 0 unspecified atom stereocenters. The molecule has 0 radical (unpaired) electrons. The summed E-state index contributed by atoms with van der Waals surface area (Å²) in [5.41, 5.74) is 2.89. The van der Waals surface area contributed by atoms with Crippen molar-refractivity contribution >= 4 is 38.2 Å². The lowest BCUT2D eigenvalue weighted by molar-refractivity contribution is -0.114. The number of rotatable bonds is 5. The van der Waals surface area contributed by atoms with Crippen molar-refractivity contribution in [2.75, 3.05) is 10.0 Å². The van der Waals surface area contributed by atoms with Crippen molar-refractivity contribution in [1.82, 2.24) is 15.0 Å². The fourth-order valence-electron chi connectivity index (χ4n) is 3.18. The zero-order valence-corrected chi connectivity index (χ0v) is 17.6. The van der Waals surface area contributed by atoms with E-state index in [9.17, 15) is 13.2 Å². The average molecular weight is 433 g/mol. The molecule has 3 heterocycles. The van der Waals surface area contributed by atoms with Crippen molar-refractivity contribution in [2.24, 2.45) is 0 Å². The number of anilines is 2. The first-order valence-corrected chi connectivity index (χ1v) is 10.9. The summed E-state index contributed by atoms with van der Waals surface area (Å²) >= 11 is 0. The predicted molar refractivity (Wildman–Crippen MR) is 119 cm³/mol. The Morgan fingerprint density at radius 1 is 0.968 bits per heavy atom. The maximum absolute atomic E-state index is 13.0. The lowest BCUT2D eigenvalue weighted by atomic mass is 10.1. The molecule has 31 heavy (non-hydrogen) atoms. The largest absolute Gasteiger partial charge is 0.326 e. The number of aromatic nitrogens is 3. The third kappa shape index (κ3) is 4.36. The number of amides is 1. The average Bonchev–Trinajstić information content (AvgIpc) is 2.74. The third-order valence-corrected chi connectivity index (χ3v) is 6.00. The number of hydrogen-bond acceptors (Lipinski definition) is 6. The number of pyridine rings is 3. The molecule has 1 aromatic carbocycles. The van der Waals surface area contributed by atoms with Gasteiger partial charge in [-0.25, -0.2) is 13.4 Å². The minimum absolute atomic E-state index is 0.0519. The van der Waals surface area contributed by atoms with E-state index in [0.29, 0.717) is 16.8 Å². The van der Waals surface area contributed by atoms with Crippen molar-refractivity contribution in [3.63, 3.8) is 0 Å². The van der Waals surface area contributed by atoms with Crippen molar-refractivity contribution in [3.8, 4) is 11.3 Å². The Labute approximate surface area is 179 Å². The van der Waals surface area contributed by atoms with Gasteiger partial charge < -0.3 is 5.32 Å². The molecule has 8 nitrogen and oxygen atoms in total. The van der Waals surface area contributed by atoms with E-state index < -0.39 is 10.0 Å². The number of nitrogens with zero attached hydrogens (tertiary/aromatic N) is 3. The quantitative estimate of drug-likeness (QED) is 0.495. The fraction of sp³-hybridized carbons (Fsp3) is 0.0909. The Morgan fingerprint density at radius 2 is 1.68 bits per heavy atom. The molecular weight excluding hydrogens is 414 g/mol. The van der Waals surface area contributed by atoms with E-state index in [1.165, 1.54) is 31.2 Å². The standard InChI is InChI=1S/C22H19N5O3S/c1-14-12-23-9-7-19(14)21-11-16-13-24-10-8-20(16)22(26-21)27-31(29,30)18-5-3-17(4-6-18)25-15(2)28/h3-13H,1-2H3,(H,25,28)(H,26,27). The molecular formula is C22H19N5O3S. The van der Waals surface area contributed by atoms with E-state index in [0.717, 1.165) is 16.5 Å². The molecule has 0 saturated heterocycles. The van der Waals surface area contributed by atoms with Crippen LogP contribution in [0, 0.1) is 6.92 Å². The summed E-state index contributed by atoms with van der Waals surface area (Å²) < 4.78 is 28.7. The normalized spacial score (nSPS) is 11.3. The van der Waals surface area contributed by atoms with Crippen LogP contribution in [0.5, 0.6) is 0 Å². The second-order valence-electron chi connectivity index (χ2n) is 6.95. The summed E-state index contributed by atoms with van der Waals surface area (Å²) in [5, 5.41) is 3.99. The number of hydrogen-bond donors (Lipinski definition) is 2. The number of benzene rings is 1. The van der Waals surface area contributed by atoms with Crippen LogP contribution in [0.1, 0.15) is 12.5 Å². The van der Waals surface area contributed by atoms with Gasteiger partial charge in [-0.3, -0.25) is 19.5 Å². The van der Waals surface area contributed by atoms with Crippen LogP contribution < -0.4 is 10.0 Å². The van der Waals surface area contributed by atoms with Gasteiger partial charge in [-0.15, -0.1) is 0 Å². The van der Waals surface area contributed by atoms with Crippen LogP contribution in [0.4, 0.5) is 11.5 Å². The Bertz CT molecular complexity index is 1390. The van der Waals surface area contributed by atoms with Gasteiger partial charge in [0.1, 0.15) is 5.82 Å². The van der Waals surface area contributed by atoms with Crippen LogP contribution >= 0.6 is 0 Å². The maximum atomic E-state index is 13.0. The molecule has 2 N–H and O–H groups in total. The van der Waals surface area contributed by atoms with E-state index >= 15 is 0 Å². The second-order valence-corrected chi connectivity index (χ2v) is 8.64. The Morgan fingerprint density at radius 3 is 2.39 bits per heavy atom. The Hall–Kier alpha value is -3.85. The molecule has 4 rings (SSSR count). The highest BCUT2D eigenvalue weighted by Crippen LogP contribution is 2.30. The molecule has 0 spiro atoms. The fourth-order valence-corrected chi connectivity index (χ4v) is 4.20. The molecule has 0 aliphatic rings. The monoisotopic (exact) mass is 433 g/mol. The lowest BCUT2D eigenvalue weighted by Gasteiger charge is -2.13. The molecule has 0 aliphatic heterocycles. The SMILES string of the molecule is CC(=O)Nc1ccc(S(=O)(=O)Nc2nc(-c3ccncc3C)cc3cnccc23)cc1. The highest BCUT2D eigenvalue weighted by molar-refractivity contribution is 7.92. The van der Waals surface area contributed by atoms with E-state index in [1.807, 2.05) is 19.1 Å². The van der Waals surface area contributed by atoms with E-state index in [4.69, 9.17) is 0 Å². The molecule has 0 bridgehead atoms. The zero-order chi connectivity index (χ0) is 22.0. The first-order chi connectivity index (χ1) is 14.8. The summed E-state index contributed by atoms with van der Waals surface area (Å²) in [6.07, 6.45) is 6.64. The van der Waals surface area contributed by atoms with Crippen molar-refractivity contribution in [3.05, 3.63) is 72.8 Å². The Balaban J connectivity index is 1.76. The first kappa shape index (κ1) is 20.4. The summed E-state index contributed by atoms with van der Waals surface area (Å²) in [6.45, 7) is 3.30. The number of fused-ring (bicyclic) bond motifs is 1. The van der Waals surface area contributed by atoms with Gasteiger partial charge in [-0.1, -0.05) is 0 Å². The van der Waals surface area contributed by atoms with Gasteiger partial charge in [0.15, 0.2) is 0 Å². The lowest BCUT2D eigenvalue weighted by Crippen LogP contribution is -2.15. The van der Waals surface area contributed by atoms with Crippen LogP contribution in [0.3, 0.4) is 0 Å². The predicted octanol–water partition coefficient (Wildman–Crippen LogP) is 3.76. The van der Waals surface area contributed by atoms with Gasteiger partial charge in [0.2, 0.25) is 5.91 Å². The van der Waals surface area contributed by atoms with E-state index in [1.54, 1.807) is 30.9 Å². The Kier molecular flexibility index (Phi) is 5.35. The minimum atomic E-state index is -3.92. The smallest absolute Gasteiger partial charge is 0.263 e. The number of nitrogens with one attached hydrogen (secondary N) is 2. The van der Waals surface area contributed by atoms with Gasteiger partial charge in [-0.2, -0.15) is 0 Å². The van der Waals surface area contributed by atoms with Crippen LogP contribution in [0.15, 0.2) is 72.1 Å². The number of sulfonamides is 1. The molecule has 9 heteroatoms. The molecule has 0 aliphatic carbocycles. The maximum Gasteiger partial charge on any atom is 0.263 e. The summed E-state index contributed by atoms with van der Waals surface area (Å²) in [4.78, 5) is 24.1. The zero-order valence-electron chi connectivity index (χ0n) is 16.8. The van der Waals surface area contributed by atoms with Crippen LogP contribution in [0.2, 0.25) is 0 Å². The molecule has 4 aromatic rings. The van der Waals surface area contributed by atoms with Gasteiger partial charge in [-0.05, 0) is 55.0 Å². The van der Waals surface area contributed by atoms with Gasteiger partial charge in [0, 0.05) is 53.7 Å². The van der Waals surface area contributed by atoms with Crippen molar-refractivity contribution in [1.29, 1.82) is 0 Å². The highest BCUT2D eigenvalue weighted by Gasteiger charge is 2.18. The number of aryl methyl sites for hydroxylation is 1. The van der Waals surface area contributed by atoms with Crippen molar-refractivity contribution in [2.45, 2.75) is 18.7 Å². The van der Waals surface area contributed by atoms with Gasteiger partial charge in [0.05, 0.1) is 10.6 Å². The molecule has 0 saturated carbocycles. The summed E-state index contributed by atoms with van der Waals surface area (Å²) in [6, 6.07) is 11.3. The van der Waals surface area contributed by atoms with Gasteiger partial charge >= 0.3 is 0 Å².